The molecule has 2 heteroatoms. The van der Waals surface area contributed by atoms with Crippen LogP contribution in [0.5, 0.6) is 0 Å². The molecule has 0 fully saturated rings. The van der Waals surface area contributed by atoms with Crippen LogP contribution in [0.25, 0.3) is 0 Å². The molecule has 0 aromatic rings. The molecule has 0 aliphatic carbocycles. The first kappa shape index (κ1) is 20.5. The fourth-order valence-electron chi connectivity index (χ4n) is 3.28. The van der Waals surface area contributed by atoms with Gasteiger partial charge in [-0.05, 0) is 31.1 Å². The highest BCUT2D eigenvalue weighted by atomic mass is 16.5. The van der Waals surface area contributed by atoms with Crippen molar-refractivity contribution in [3.8, 4) is 0 Å². The van der Waals surface area contributed by atoms with Gasteiger partial charge in [0.2, 0.25) is 0 Å². The lowest BCUT2D eigenvalue weighted by Crippen LogP contribution is -2.27. The summed E-state index contributed by atoms with van der Waals surface area (Å²) in [6.45, 7) is 9.67. The van der Waals surface area contributed by atoms with Gasteiger partial charge < -0.3 is 4.74 Å². The predicted molar refractivity (Wildman–Crippen MR) is 91.4 cm³/mol. The monoisotopic (exact) mass is 298 g/mol. The molecule has 3 atom stereocenters. The number of ether oxygens (including phenoxy) is 1. The first-order valence-electron chi connectivity index (χ1n) is 9.32. The molecule has 0 amide bonds. The zero-order valence-electron chi connectivity index (χ0n) is 14.9. The Balaban J connectivity index is 4.56. The van der Waals surface area contributed by atoms with E-state index in [4.69, 9.17) is 4.74 Å². The first-order chi connectivity index (χ1) is 10.2. The Morgan fingerprint density at radius 1 is 0.857 bits per heavy atom. The molecule has 0 aromatic heterocycles. The largest absolute Gasteiger partial charge is 0.464 e. The Kier molecular flexibility index (Phi) is 14.0. The third kappa shape index (κ3) is 9.92. The van der Waals surface area contributed by atoms with Gasteiger partial charge >= 0.3 is 0 Å². The molecule has 126 valence electrons. The molecule has 0 N–H and O–H groups in total. The highest BCUT2D eigenvalue weighted by molar-refractivity contribution is 5.37. The zero-order chi connectivity index (χ0) is 15.9. The molecule has 0 heterocycles. The molecular weight excluding hydrogens is 260 g/mol. The van der Waals surface area contributed by atoms with Crippen molar-refractivity contribution in [2.24, 2.45) is 11.8 Å². The Morgan fingerprint density at radius 3 is 2.10 bits per heavy atom. The summed E-state index contributed by atoms with van der Waals surface area (Å²) in [5.41, 5.74) is 0. The lowest BCUT2D eigenvalue weighted by molar-refractivity contribution is -0.137. The molecule has 3 unspecified atom stereocenters. The molecule has 0 saturated carbocycles. The second kappa shape index (κ2) is 14.4. The van der Waals surface area contributed by atoms with E-state index in [9.17, 15) is 4.79 Å². The summed E-state index contributed by atoms with van der Waals surface area (Å²) in [6, 6.07) is 0. The Morgan fingerprint density at radius 2 is 1.57 bits per heavy atom. The van der Waals surface area contributed by atoms with E-state index in [1.807, 2.05) is 0 Å². The summed E-state index contributed by atoms with van der Waals surface area (Å²) >= 11 is 0. The second-order valence-corrected chi connectivity index (χ2v) is 6.47. The summed E-state index contributed by atoms with van der Waals surface area (Å²) in [5, 5.41) is 0. The van der Waals surface area contributed by atoms with Crippen LogP contribution in [0.2, 0.25) is 0 Å². The number of rotatable bonds is 15. The van der Waals surface area contributed by atoms with Gasteiger partial charge in [-0.15, -0.1) is 0 Å². The fraction of sp³-hybridized carbons (Fsp3) is 0.947. The number of hydrogen-bond donors (Lipinski definition) is 0. The lowest BCUT2D eigenvalue weighted by Gasteiger charge is -2.29. The van der Waals surface area contributed by atoms with E-state index >= 15 is 0 Å². The van der Waals surface area contributed by atoms with Crippen LogP contribution >= 0.6 is 0 Å². The topological polar surface area (TPSA) is 26.3 Å². The van der Waals surface area contributed by atoms with Crippen molar-refractivity contribution in [1.82, 2.24) is 0 Å². The SMILES string of the molecule is CCCCCC(CCC)C(CC(CC)CCCC)OC=O. The lowest BCUT2D eigenvalue weighted by atomic mass is 9.83. The van der Waals surface area contributed by atoms with Crippen LogP contribution in [0.1, 0.15) is 98.3 Å². The zero-order valence-corrected chi connectivity index (χ0v) is 14.9. The molecule has 0 spiro atoms. The van der Waals surface area contributed by atoms with Gasteiger partial charge in [-0.3, -0.25) is 4.79 Å². The van der Waals surface area contributed by atoms with Crippen molar-refractivity contribution in [2.75, 3.05) is 0 Å². The number of carbonyl (C=O) groups is 1. The molecule has 0 aliphatic heterocycles. The molecule has 0 saturated heterocycles. The molecule has 2 nitrogen and oxygen atoms in total. The van der Waals surface area contributed by atoms with E-state index in [0.29, 0.717) is 18.3 Å². The predicted octanol–water partition coefficient (Wildman–Crippen LogP) is 6.13. The van der Waals surface area contributed by atoms with Crippen LogP contribution in [0, 0.1) is 11.8 Å². The van der Waals surface area contributed by atoms with Gasteiger partial charge in [0.25, 0.3) is 6.47 Å². The highest BCUT2D eigenvalue weighted by Crippen LogP contribution is 2.29. The average molecular weight is 299 g/mol. The summed E-state index contributed by atoms with van der Waals surface area (Å²) in [7, 11) is 0. The van der Waals surface area contributed by atoms with Gasteiger partial charge in [0, 0.05) is 0 Å². The molecule has 21 heavy (non-hydrogen) atoms. The van der Waals surface area contributed by atoms with Gasteiger partial charge in [-0.2, -0.15) is 0 Å². The minimum absolute atomic E-state index is 0.140. The molecule has 0 bridgehead atoms. The normalized spacial score (nSPS) is 15.4. The third-order valence-electron chi connectivity index (χ3n) is 4.70. The van der Waals surface area contributed by atoms with Gasteiger partial charge in [0.15, 0.2) is 0 Å². The minimum atomic E-state index is 0.140. The van der Waals surface area contributed by atoms with Gasteiger partial charge in [0.05, 0.1) is 0 Å². The Labute approximate surface area is 133 Å². The highest BCUT2D eigenvalue weighted by Gasteiger charge is 2.24. The molecule has 0 rings (SSSR count). The summed E-state index contributed by atoms with van der Waals surface area (Å²) < 4.78 is 5.52. The van der Waals surface area contributed by atoms with E-state index < -0.39 is 0 Å². The van der Waals surface area contributed by atoms with Gasteiger partial charge in [-0.25, -0.2) is 0 Å². The minimum Gasteiger partial charge on any atom is -0.464 e. The van der Waals surface area contributed by atoms with Crippen molar-refractivity contribution in [2.45, 2.75) is 104 Å². The maximum atomic E-state index is 10.9. The van der Waals surface area contributed by atoms with Crippen molar-refractivity contribution < 1.29 is 9.53 Å². The maximum Gasteiger partial charge on any atom is 0.293 e. The summed E-state index contributed by atoms with van der Waals surface area (Å²) in [6.07, 6.45) is 13.6. The molecular formula is C19H38O2. The fourth-order valence-corrected chi connectivity index (χ4v) is 3.28. The van der Waals surface area contributed by atoms with Crippen LogP contribution in [-0.2, 0) is 9.53 Å². The van der Waals surface area contributed by atoms with E-state index in [2.05, 4.69) is 27.7 Å². The Hall–Kier alpha value is -0.530. The number of hydrogen-bond acceptors (Lipinski definition) is 2. The van der Waals surface area contributed by atoms with E-state index in [0.717, 1.165) is 6.42 Å². The van der Waals surface area contributed by atoms with Crippen LogP contribution in [0.15, 0.2) is 0 Å². The first-order valence-corrected chi connectivity index (χ1v) is 9.32. The van der Waals surface area contributed by atoms with Crippen molar-refractivity contribution in [3.63, 3.8) is 0 Å². The number of carbonyl (C=O) groups excluding carboxylic acids is 1. The smallest absolute Gasteiger partial charge is 0.293 e. The van der Waals surface area contributed by atoms with Crippen molar-refractivity contribution >= 4 is 6.47 Å². The van der Waals surface area contributed by atoms with E-state index in [1.54, 1.807) is 0 Å². The van der Waals surface area contributed by atoms with Crippen LogP contribution in [0.4, 0.5) is 0 Å². The molecule has 0 aliphatic rings. The van der Waals surface area contributed by atoms with Crippen molar-refractivity contribution in [1.29, 1.82) is 0 Å². The quantitative estimate of drug-likeness (QED) is 0.268. The Bertz CT molecular complexity index is 228. The summed E-state index contributed by atoms with van der Waals surface area (Å²) in [5.74, 6) is 1.27. The maximum absolute atomic E-state index is 10.9. The standard InChI is InChI=1S/C19H38O2/c1-5-9-11-14-18(12-7-3)19(21-16-20)15-17(8-4)13-10-6-2/h16-19H,5-15H2,1-4H3. The second-order valence-electron chi connectivity index (χ2n) is 6.47. The molecule has 0 radical (unpaired) electrons. The van der Waals surface area contributed by atoms with Crippen molar-refractivity contribution in [3.05, 3.63) is 0 Å². The van der Waals surface area contributed by atoms with Crippen LogP contribution in [0.3, 0.4) is 0 Å². The number of unbranched alkanes of at least 4 members (excludes halogenated alkanes) is 3. The molecule has 0 aromatic carbocycles. The van der Waals surface area contributed by atoms with Crippen LogP contribution in [-0.4, -0.2) is 12.6 Å². The summed E-state index contributed by atoms with van der Waals surface area (Å²) in [4.78, 5) is 10.9. The average Bonchev–Trinajstić information content (AvgIpc) is 2.49. The third-order valence-corrected chi connectivity index (χ3v) is 4.70. The van der Waals surface area contributed by atoms with E-state index in [1.165, 1.54) is 64.2 Å². The van der Waals surface area contributed by atoms with Crippen LogP contribution < -0.4 is 0 Å². The van der Waals surface area contributed by atoms with E-state index in [-0.39, 0.29) is 6.10 Å². The van der Waals surface area contributed by atoms with Gasteiger partial charge in [0.1, 0.15) is 6.10 Å². The van der Waals surface area contributed by atoms with Gasteiger partial charge in [-0.1, -0.05) is 79.1 Å².